The van der Waals surface area contributed by atoms with Crippen molar-refractivity contribution >= 4 is 5.97 Å². The molecule has 0 radical (unpaired) electrons. The molecule has 0 amide bonds. The van der Waals surface area contributed by atoms with Gasteiger partial charge in [0, 0.05) is 19.6 Å². The van der Waals surface area contributed by atoms with E-state index in [1.54, 1.807) is 6.92 Å². The van der Waals surface area contributed by atoms with Gasteiger partial charge in [-0.1, -0.05) is 6.92 Å². The summed E-state index contributed by atoms with van der Waals surface area (Å²) in [5, 5.41) is 0. The van der Waals surface area contributed by atoms with Crippen molar-refractivity contribution in [1.82, 2.24) is 0 Å². The molecule has 0 aliphatic carbocycles. The van der Waals surface area contributed by atoms with E-state index >= 15 is 0 Å². The summed E-state index contributed by atoms with van der Waals surface area (Å²) in [6.07, 6.45) is 3.02. The Morgan fingerprint density at radius 1 is 1.45 bits per heavy atom. The van der Waals surface area contributed by atoms with Gasteiger partial charge in [-0.2, -0.15) is 0 Å². The normalized spacial score (nSPS) is 15.1. The van der Waals surface area contributed by atoms with Crippen LogP contribution in [0.15, 0.2) is 0 Å². The second-order valence-electron chi connectivity index (χ2n) is 2.25. The summed E-state index contributed by atoms with van der Waals surface area (Å²) < 4.78 is 9.20. The van der Waals surface area contributed by atoms with E-state index in [-0.39, 0.29) is 5.97 Å². The van der Waals surface area contributed by atoms with Crippen LogP contribution < -0.4 is 0 Å². The second-order valence-corrected chi connectivity index (χ2v) is 2.25. The Labute approximate surface area is 67.7 Å². The third-order valence-electron chi connectivity index (χ3n) is 1.34. The molecule has 3 heteroatoms. The SMILES string of the molecule is C1CCOC1.CCC(=O)OC. The van der Waals surface area contributed by atoms with E-state index in [1.807, 2.05) is 0 Å². The first kappa shape index (κ1) is 10.4. The van der Waals surface area contributed by atoms with Crippen LogP contribution in [0.1, 0.15) is 26.2 Å². The third-order valence-corrected chi connectivity index (χ3v) is 1.34. The maximum Gasteiger partial charge on any atom is 0.305 e. The lowest BCUT2D eigenvalue weighted by Gasteiger charge is -1.87. The van der Waals surface area contributed by atoms with E-state index in [2.05, 4.69) is 4.74 Å². The summed E-state index contributed by atoms with van der Waals surface area (Å²) in [5.41, 5.74) is 0. The first-order valence-electron chi connectivity index (χ1n) is 3.95. The van der Waals surface area contributed by atoms with Gasteiger partial charge in [0.05, 0.1) is 7.11 Å². The average molecular weight is 160 g/mol. The Balaban J connectivity index is 0.000000183. The number of hydrogen-bond donors (Lipinski definition) is 0. The van der Waals surface area contributed by atoms with E-state index in [0.717, 1.165) is 13.2 Å². The van der Waals surface area contributed by atoms with Crippen LogP contribution in [0.5, 0.6) is 0 Å². The minimum absolute atomic E-state index is 0.157. The van der Waals surface area contributed by atoms with Gasteiger partial charge < -0.3 is 9.47 Å². The highest BCUT2D eigenvalue weighted by atomic mass is 16.5. The fraction of sp³-hybridized carbons (Fsp3) is 0.875. The van der Waals surface area contributed by atoms with Gasteiger partial charge >= 0.3 is 5.97 Å². The van der Waals surface area contributed by atoms with Gasteiger partial charge in [-0.3, -0.25) is 4.79 Å². The van der Waals surface area contributed by atoms with Crippen molar-refractivity contribution in [2.24, 2.45) is 0 Å². The zero-order valence-corrected chi connectivity index (χ0v) is 7.26. The van der Waals surface area contributed by atoms with Gasteiger partial charge in [-0.05, 0) is 12.8 Å². The molecule has 0 aromatic rings. The van der Waals surface area contributed by atoms with Crippen molar-refractivity contribution in [1.29, 1.82) is 0 Å². The molecule has 11 heavy (non-hydrogen) atoms. The first-order valence-corrected chi connectivity index (χ1v) is 3.95. The van der Waals surface area contributed by atoms with Crippen molar-refractivity contribution in [3.8, 4) is 0 Å². The molecule has 0 spiro atoms. The van der Waals surface area contributed by atoms with E-state index < -0.39 is 0 Å². The van der Waals surface area contributed by atoms with E-state index in [9.17, 15) is 4.79 Å². The average Bonchev–Trinajstić information content (AvgIpc) is 2.60. The first-order chi connectivity index (χ1) is 5.31. The van der Waals surface area contributed by atoms with Crippen LogP contribution in [0.4, 0.5) is 0 Å². The Morgan fingerprint density at radius 2 is 2.00 bits per heavy atom. The molecule has 1 fully saturated rings. The molecule has 0 bridgehead atoms. The molecule has 0 unspecified atom stereocenters. The van der Waals surface area contributed by atoms with Gasteiger partial charge in [0.15, 0.2) is 0 Å². The number of esters is 1. The number of hydrogen-bond acceptors (Lipinski definition) is 3. The maximum atomic E-state index is 9.96. The van der Waals surface area contributed by atoms with Crippen LogP contribution in [0.3, 0.4) is 0 Å². The zero-order valence-electron chi connectivity index (χ0n) is 7.26. The lowest BCUT2D eigenvalue weighted by atomic mass is 10.4. The molecule has 0 aromatic carbocycles. The van der Waals surface area contributed by atoms with Gasteiger partial charge in [0.2, 0.25) is 0 Å². The molecular formula is C8H16O3. The Morgan fingerprint density at radius 3 is 2.09 bits per heavy atom. The minimum Gasteiger partial charge on any atom is -0.469 e. The van der Waals surface area contributed by atoms with Crippen molar-refractivity contribution in [2.75, 3.05) is 20.3 Å². The van der Waals surface area contributed by atoms with Gasteiger partial charge in [0.1, 0.15) is 0 Å². The van der Waals surface area contributed by atoms with Gasteiger partial charge in [-0.15, -0.1) is 0 Å². The molecule has 66 valence electrons. The molecule has 1 aliphatic rings. The van der Waals surface area contributed by atoms with Crippen LogP contribution in [0.2, 0.25) is 0 Å². The molecular weight excluding hydrogens is 144 g/mol. The van der Waals surface area contributed by atoms with Gasteiger partial charge in [-0.25, -0.2) is 0 Å². The minimum atomic E-state index is -0.157. The predicted octanol–water partition coefficient (Wildman–Crippen LogP) is 1.37. The molecule has 0 N–H and O–H groups in total. The summed E-state index contributed by atoms with van der Waals surface area (Å²) >= 11 is 0. The summed E-state index contributed by atoms with van der Waals surface area (Å²) in [6.45, 7) is 3.76. The topological polar surface area (TPSA) is 35.5 Å². The van der Waals surface area contributed by atoms with Crippen LogP contribution in [-0.2, 0) is 14.3 Å². The molecule has 3 nitrogen and oxygen atoms in total. The van der Waals surface area contributed by atoms with Crippen LogP contribution in [-0.4, -0.2) is 26.3 Å². The van der Waals surface area contributed by atoms with Crippen LogP contribution >= 0.6 is 0 Å². The molecule has 1 rings (SSSR count). The number of ether oxygens (including phenoxy) is 2. The second kappa shape index (κ2) is 7.54. The highest BCUT2D eigenvalue weighted by molar-refractivity contribution is 5.68. The summed E-state index contributed by atoms with van der Waals surface area (Å²) in [6, 6.07) is 0. The summed E-state index contributed by atoms with van der Waals surface area (Å²) in [4.78, 5) is 9.96. The number of rotatable bonds is 1. The van der Waals surface area contributed by atoms with Crippen molar-refractivity contribution in [3.05, 3.63) is 0 Å². The van der Waals surface area contributed by atoms with Crippen LogP contribution in [0, 0.1) is 0 Å². The Kier molecular flexibility index (Phi) is 7.15. The summed E-state index contributed by atoms with van der Waals surface area (Å²) in [7, 11) is 1.38. The van der Waals surface area contributed by atoms with E-state index in [1.165, 1.54) is 20.0 Å². The molecule has 1 heterocycles. The quantitative estimate of drug-likeness (QED) is 0.543. The summed E-state index contributed by atoms with van der Waals surface area (Å²) in [5.74, 6) is -0.157. The standard InChI is InChI=1S/C4H8O2.C4H8O/c1-3-4(5)6-2;1-2-4-5-3-1/h3H2,1-2H3;1-4H2. The van der Waals surface area contributed by atoms with Crippen molar-refractivity contribution in [2.45, 2.75) is 26.2 Å². The van der Waals surface area contributed by atoms with Crippen LogP contribution in [0.25, 0.3) is 0 Å². The molecule has 0 aromatic heterocycles. The van der Waals surface area contributed by atoms with E-state index in [0.29, 0.717) is 6.42 Å². The number of methoxy groups -OCH3 is 1. The van der Waals surface area contributed by atoms with Crippen molar-refractivity contribution < 1.29 is 14.3 Å². The maximum absolute atomic E-state index is 9.96. The zero-order chi connectivity index (χ0) is 8.53. The number of carbonyl (C=O) groups is 1. The van der Waals surface area contributed by atoms with Gasteiger partial charge in [0.25, 0.3) is 0 Å². The Hall–Kier alpha value is -0.570. The lowest BCUT2D eigenvalue weighted by molar-refractivity contribution is -0.140. The fourth-order valence-corrected chi connectivity index (χ4v) is 0.655. The monoisotopic (exact) mass is 160 g/mol. The lowest BCUT2D eigenvalue weighted by Crippen LogP contribution is -1.94. The predicted molar refractivity (Wildman–Crippen MR) is 42.4 cm³/mol. The largest absolute Gasteiger partial charge is 0.469 e. The molecule has 1 saturated heterocycles. The number of carbonyl (C=O) groups excluding carboxylic acids is 1. The highest BCUT2D eigenvalue weighted by Gasteiger charge is 1.94. The Bertz CT molecular complexity index is 83.9. The fourth-order valence-electron chi connectivity index (χ4n) is 0.655. The van der Waals surface area contributed by atoms with Crippen molar-refractivity contribution in [3.63, 3.8) is 0 Å². The molecule has 0 saturated carbocycles. The third kappa shape index (κ3) is 7.33. The molecule has 1 aliphatic heterocycles. The smallest absolute Gasteiger partial charge is 0.305 e. The molecule has 0 atom stereocenters. The van der Waals surface area contributed by atoms with E-state index in [4.69, 9.17) is 4.74 Å². The highest BCUT2D eigenvalue weighted by Crippen LogP contribution is 1.98.